The summed E-state index contributed by atoms with van der Waals surface area (Å²) >= 11 is 0. The summed E-state index contributed by atoms with van der Waals surface area (Å²) < 4.78 is 5.30. The third kappa shape index (κ3) is 3.20. The van der Waals surface area contributed by atoms with Crippen LogP contribution in [0, 0.1) is 6.92 Å². The van der Waals surface area contributed by atoms with E-state index in [-0.39, 0.29) is 0 Å². The molecule has 0 aliphatic heterocycles. The van der Waals surface area contributed by atoms with Crippen molar-refractivity contribution in [1.82, 2.24) is 4.98 Å². The number of benzene rings is 1. The molecular weight excluding hydrogens is 250 g/mol. The Morgan fingerprint density at radius 3 is 2.65 bits per heavy atom. The van der Waals surface area contributed by atoms with Crippen LogP contribution in [0.4, 0.5) is 11.4 Å². The lowest BCUT2D eigenvalue weighted by molar-refractivity contribution is 0.413. The standard InChI is InChI=1S/C16H21N3O/c1-4-19(16-8-6-5-7-15(16)17)11-13-10-14(20-3)9-12(2)18-13/h5-10H,4,11,17H2,1-3H3. The Morgan fingerprint density at radius 1 is 1.25 bits per heavy atom. The summed E-state index contributed by atoms with van der Waals surface area (Å²) in [6, 6.07) is 11.8. The molecule has 0 saturated heterocycles. The molecule has 0 atom stereocenters. The number of nitrogens with two attached hydrogens (primary N) is 1. The second kappa shape index (κ2) is 6.28. The van der Waals surface area contributed by atoms with Gasteiger partial charge < -0.3 is 15.4 Å². The zero-order valence-electron chi connectivity index (χ0n) is 12.3. The molecule has 0 unspecified atom stereocenters. The first kappa shape index (κ1) is 14.2. The molecule has 2 N–H and O–H groups in total. The molecule has 1 aromatic carbocycles. The van der Waals surface area contributed by atoms with Crippen molar-refractivity contribution in [2.75, 3.05) is 24.3 Å². The molecule has 2 rings (SSSR count). The van der Waals surface area contributed by atoms with Crippen LogP contribution in [-0.2, 0) is 6.54 Å². The van der Waals surface area contributed by atoms with Crippen molar-refractivity contribution in [1.29, 1.82) is 0 Å². The second-order valence-electron chi connectivity index (χ2n) is 4.71. The first-order valence-corrected chi connectivity index (χ1v) is 6.75. The lowest BCUT2D eigenvalue weighted by atomic mass is 10.2. The highest BCUT2D eigenvalue weighted by Gasteiger charge is 2.10. The average Bonchev–Trinajstić information content (AvgIpc) is 2.45. The summed E-state index contributed by atoms with van der Waals surface area (Å²) in [4.78, 5) is 6.77. The largest absolute Gasteiger partial charge is 0.497 e. The van der Waals surface area contributed by atoms with Crippen LogP contribution in [0.3, 0.4) is 0 Å². The Balaban J connectivity index is 2.27. The molecule has 2 aromatic rings. The van der Waals surface area contributed by atoms with Gasteiger partial charge in [0.05, 0.1) is 30.7 Å². The number of para-hydroxylation sites is 2. The molecular formula is C16H21N3O. The number of methoxy groups -OCH3 is 1. The van der Waals surface area contributed by atoms with Crippen LogP contribution >= 0.6 is 0 Å². The Bertz CT molecular complexity index is 584. The molecule has 4 heteroatoms. The van der Waals surface area contributed by atoms with E-state index in [0.29, 0.717) is 6.54 Å². The van der Waals surface area contributed by atoms with Crippen molar-refractivity contribution in [3.63, 3.8) is 0 Å². The number of aryl methyl sites for hydroxylation is 1. The maximum absolute atomic E-state index is 6.05. The highest BCUT2D eigenvalue weighted by molar-refractivity contribution is 5.67. The SMILES string of the molecule is CCN(Cc1cc(OC)cc(C)n1)c1ccccc1N. The van der Waals surface area contributed by atoms with Gasteiger partial charge in [0, 0.05) is 24.4 Å². The minimum absolute atomic E-state index is 0.711. The number of pyridine rings is 1. The number of ether oxygens (including phenoxy) is 1. The molecule has 0 aliphatic carbocycles. The van der Waals surface area contributed by atoms with E-state index in [9.17, 15) is 0 Å². The van der Waals surface area contributed by atoms with Gasteiger partial charge in [-0.05, 0) is 26.0 Å². The Kier molecular flexibility index (Phi) is 4.45. The molecule has 0 spiro atoms. The van der Waals surface area contributed by atoms with E-state index in [1.165, 1.54) is 0 Å². The second-order valence-corrected chi connectivity index (χ2v) is 4.71. The molecule has 106 valence electrons. The van der Waals surface area contributed by atoms with Crippen LogP contribution in [0.5, 0.6) is 5.75 Å². The van der Waals surface area contributed by atoms with Crippen LogP contribution < -0.4 is 15.4 Å². The lowest BCUT2D eigenvalue weighted by Gasteiger charge is -2.24. The third-order valence-corrected chi connectivity index (χ3v) is 3.23. The topological polar surface area (TPSA) is 51.4 Å². The minimum atomic E-state index is 0.711. The Hall–Kier alpha value is -2.23. The molecule has 1 aromatic heterocycles. The minimum Gasteiger partial charge on any atom is -0.497 e. The molecule has 0 amide bonds. The van der Waals surface area contributed by atoms with Crippen LogP contribution in [0.2, 0.25) is 0 Å². The van der Waals surface area contributed by atoms with Gasteiger partial charge in [0.25, 0.3) is 0 Å². The number of aromatic nitrogens is 1. The van der Waals surface area contributed by atoms with Crippen molar-refractivity contribution in [2.45, 2.75) is 20.4 Å². The van der Waals surface area contributed by atoms with Crippen LogP contribution in [0.1, 0.15) is 18.3 Å². The fourth-order valence-electron chi connectivity index (χ4n) is 2.24. The van der Waals surface area contributed by atoms with Crippen LogP contribution in [0.15, 0.2) is 36.4 Å². The molecule has 20 heavy (non-hydrogen) atoms. The number of rotatable bonds is 5. The molecule has 0 radical (unpaired) electrons. The van der Waals surface area contributed by atoms with Gasteiger partial charge >= 0.3 is 0 Å². The highest BCUT2D eigenvalue weighted by atomic mass is 16.5. The number of nitrogen functional groups attached to an aromatic ring is 1. The normalized spacial score (nSPS) is 10.3. The average molecular weight is 271 g/mol. The fraction of sp³-hybridized carbons (Fsp3) is 0.312. The summed E-state index contributed by atoms with van der Waals surface area (Å²) in [5.41, 5.74) is 9.81. The summed E-state index contributed by atoms with van der Waals surface area (Å²) in [6.07, 6.45) is 0. The van der Waals surface area contributed by atoms with E-state index >= 15 is 0 Å². The van der Waals surface area contributed by atoms with Gasteiger partial charge in [-0.1, -0.05) is 12.1 Å². The Labute approximate surface area is 120 Å². The van der Waals surface area contributed by atoms with E-state index in [0.717, 1.165) is 35.1 Å². The molecule has 4 nitrogen and oxygen atoms in total. The van der Waals surface area contributed by atoms with Gasteiger partial charge in [0.15, 0.2) is 0 Å². The number of hydrogen-bond donors (Lipinski definition) is 1. The van der Waals surface area contributed by atoms with E-state index in [1.807, 2.05) is 43.3 Å². The van der Waals surface area contributed by atoms with E-state index in [2.05, 4.69) is 16.8 Å². The van der Waals surface area contributed by atoms with Gasteiger partial charge in [-0.2, -0.15) is 0 Å². The van der Waals surface area contributed by atoms with Gasteiger partial charge in [-0.25, -0.2) is 0 Å². The van der Waals surface area contributed by atoms with E-state index < -0.39 is 0 Å². The molecule has 0 saturated carbocycles. The van der Waals surface area contributed by atoms with Crippen LogP contribution in [-0.4, -0.2) is 18.6 Å². The van der Waals surface area contributed by atoms with Crippen molar-refractivity contribution in [3.8, 4) is 5.75 Å². The zero-order chi connectivity index (χ0) is 14.5. The predicted octanol–water partition coefficient (Wildman–Crippen LogP) is 3.01. The zero-order valence-corrected chi connectivity index (χ0v) is 12.3. The van der Waals surface area contributed by atoms with Crippen molar-refractivity contribution in [2.24, 2.45) is 0 Å². The maximum Gasteiger partial charge on any atom is 0.122 e. The first-order chi connectivity index (χ1) is 9.63. The van der Waals surface area contributed by atoms with E-state index in [1.54, 1.807) is 7.11 Å². The maximum atomic E-state index is 6.05. The molecule has 0 fully saturated rings. The van der Waals surface area contributed by atoms with Gasteiger partial charge in [-0.3, -0.25) is 4.98 Å². The lowest BCUT2D eigenvalue weighted by Crippen LogP contribution is -2.23. The van der Waals surface area contributed by atoms with Crippen molar-refractivity contribution < 1.29 is 4.74 Å². The van der Waals surface area contributed by atoms with E-state index in [4.69, 9.17) is 10.5 Å². The quantitative estimate of drug-likeness (QED) is 0.849. The van der Waals surface area contributed by atoms with Crippen molar-refractivity contribution >= 4 is 11.4 Å². The number of hydrogen-bond acceptors (Lipinski definition) is 4. The summed E-state index contributed by atoms with van der Waals surface area (Å²) in [7, 11) is 1.67. The smallest absolute Gasteiger partial charge is 0.122 e. The summed E-state index contributed by atoms with van der Waals surface area (Å²) in [6.45, 7) is 5.66. The molecule has 1 heterocycles. The summed E-state index contributed by atoms with van der Waals surface area (Å²) in [5, 5.41) is 0. The molecule has 0 bridgehead atoms. The monoisotopic (exact) mass is 271 g/mol. The molecule has 0 aliphatic rings. The van der Waals surface area contributed by atoms with Crippen LogP contribution in [0.25, 0.3) is 0 Å². The van der Waals surface area contributed by atoms with Gasteiger partial charge in [0.2, 0.25) is 0 Å². The van der Waals surface area contributed by atoms with Gasteiger partial charge in [-0.15, -0.1) is 0 Å². The highest BCUT2D eigenvalue weighted by Crippen LogP contribution is 2.24. The predicted molar refractivity (Wildman–Crippen MR) is 83.1 cm³/mol. The first-order valence-electron chi connectivity index (χ1n) is 6.75. The number of anilines is 2. The summed E-state index contributed by atoms with van der Waals surface area (Å²) in [5.74, 6) is 0.838. The third-order valence-electron chi connectivity index (χ3n) is 3.23. The fourth-order valence-corrected chi connectivity index (χ4v) is 2.24. The van der Waals surface area contributed by atoms with Gasteiger partial charge in [0.1, 0.15) is 5.75 Å². The number of nitrogens with zero attached hydrogens (tertiary/aromatic N) is 2. The van der Waals surface area contributed by atoms with Crippen molar-refractivity contribution in [3.05, 3.63) is 47.8 Å². The Morgan fingerprint density at radius 2 is 2.00 bits per heavy atom.